The smallest absolute Gasteiger partial charge is 0.169 e. The van der Waals surface area contributed by atoms with E-state index in [-0.39, 0.29) is 17.7 Å². The van der Waals surface area contributed by atoms with Gasteiger partial charge in [-0.15, -0.1) is 0 Å². The largest absolute Gasteiger partial charge is 0.364 e. The van der Waals surface area contributed by atoms with E-state index < -0.39 is 0 Å². The number of ketones is 1. The number of piperazine rings is 1. The van der Waals surface area contributed by atoms with Crippen molar-refractivity contribution in [3.63, 3.8) is 0 Å². The molecule has 5 heterocycles. The predicted molar refractivity (Wildman–Crippen MR) is 155 cm³/mol. The van der Waals surface area contributed by atoms with Crippen LogP contribution in [0.5, 0.6) is 0 Å². The van der Waals surface area contributed by atoms with Crippen LogP contribution in [0.2, 0.25) is 0 Å². The van der Waals surface area contributed by atoms with Crippen LogP contribution in [0.3, 0.4) is 0 Å². The molecule has 0 radical (unpaired) electrons. The molecule has 0 aromatic carbocycles. The van der Waals surface area contributed by atoms with Crippen molar-refractivity contribution in [3.05, 3.63) is 66.5 Å². The van der Waals surface area contributed by atoms with E-state index in [9.17, 15) is 4.79 Å². The summed E-state index contributed by atoms with van der Waals surface area (Å²) in [7, 11) is 0. The van der Waals surface area contributed by atoms with E-state index in [1.165, 1.54) is 0 Å². The van der Waals surface area contributed by atoms with Crippen molar-refractivity contribution >= 4 is 28.3 Å². The molecular weight excluding hydrogens is 488 g/mol. The molecule has 9 nitrogen and oxygen atoms in total. The molecule has 1 aliphatic heterocycles. The molecule has 4 aromatic rings. The number of anilines is 2. The van der Waals surface area contributed by atoms with Crippen molar-refractivity contribution in [3.8, 4) is 11.3 Å². The van der Waals surface area contributed by atoms with Gasteiger partial charge >= 0.3 is 0 Å². The highest BCUT2D eigenvalue weighted by atomic mass is 16.1. The van der Waals surface area contributed by atoms with E-state index in [0.29, 0.717) is 23.1 Å². The predicted octanol–water partition coefficient (Wildman–Crippen LogP) is 4.65. The van der Waals surface area contributed by atoms with Gasteiger partial charge in [0.25, 0.3) is 0 Å². The number of rotatable bonds is 7. The Morgan fingerprint density at radius 3 is 2.51 bits per heavy atom. The Bertz CT molecular complexity index is 1470. The molecule has 1 fully saturated rings. The molecule has 1 aliphatic rings. The van der Waals surface area contributed by atoms with Gasteiger partial charge in [0.2, 0.25) is 0 Å². The van der Waals surface area contributed by atoms with E-state index in [0.717, 1.165) is 54.2 Å². The number of Topliss-reactive ketones (excluding diaryl/α,β-unsaturated/α-hetero) is 1. The highest BCUT2D eigenvalue weighted by molar-refractivity contribution is 5.98. The fourth-order valence-corrected chi connectivity index (χ4v) is 4.76. The molecule has 0 saturated carbocycles. The molecule has 39 heavy (non-hydrogen) atoms. The first kappa shape index (κ1) is 26.6. The monoisotopic (exact) mass is 524 g/mol. The molecule has 9 heteroatoms. The van der Waals surface area contributed by atoms with Crippen molar-refractivity contribution in [2.75, 3.05) is 36.4 Å². The number of carbonyl (C=O) groups is 1. The Morgan fingerprint density at radius 2 is 1.77 bits per heavy atom. The van der Waals surface area contributed by atoms with Crippen molar-refractivity contribution in [1.29, 1.82) is 0 Å². The Hall–Kier alpha value is -3.98. The lowest BCUT2D eigenvalue weighted by Gasteiger charge is -2.37. The lowest BCUT2D eigenvalue weighted by atomic mass is 10.1. The van der Waals surface area contributed by atoms with Crippen LogP contribution >= 0.6 is 0 Å². The Balaban J connectivity index is 1.32. The summed E-state index contributed by atoms with van der Waals surface area (Å²) < 4.78 is 0. The number of aromatic nitrogens is 5. The number of hydrogen-bond donors (Lipinski definition) is 1. The SMILES string of the molecule is CC(C)N1CCN(c2cc(C(=O)Cc3cc4cc(-c5cncc(NC(C)(C)C)n5)cnc4cn3)ccn2)CC1. The van der Waals surface area contributed by atoms with E-state index >= 15 is 0 Å². The zero-order valence-electron chi connectivity index (χ0n) is 23.3. The zero-order chi connectivity index (χ0) is 27.6. The van der Waals surface area contributed by atoms with Crippen molar-refractivity contribution in [2.45, 2.75) is 52.6 Å². The molecule has 0 unspecified atom stereocenters. The molecule has 0 bridgehead atoms. The Kier molecular flexibility index (Phi) is 7.52. The van der Waals surface area contributed by atoms with Crippen molar-refractivity contribution < 1.29 is 4.79 Å². The minimum absolute atomic E-state index is 0.0160. The number of pyridine rings is 3. The van der Waals surface area contributed by atoms with Crippen LogP contribution in [0.4, 0.5) is 11.6 Å². The maximum atomic E-state index is 13.2. The fraction of sp³-hybridized carbons (Fsp3) is 0.400. The van der Waals surface area contributed by atoms with Gasteiger partial charge in [-0.2, -0.15) is 0 Å². The third-order valence-corrected chi connectivity index (χ3v) is 6.84. The van der Waals surface area contributed by atoms with Crippen LogP contribution in [0.25, 0.3) is 22.2 Å². The van der Waals surface area contributed by atoms with Gasteiger partial charge < -0.3 is 10.2 Å². The minimum Gasteiger partial charge on any atom is -0.364 e. The summed E-state index contributed by atoms with van der Waals surface area (Å²) in [5.41, 5.74) is 3.57. The van der Waals surface area contributed by atoms with Crippen molar-refractivity contribution in [1.82, 2.24) is 29.8 Å². The third kappa shape index (κ3) is 6.54. The molecule has 1 N–H and O–H groups in total. The van der Waals surface area contributed by atoms with Gasteiger partial charge in [-0.3, -0.25) is 24.6 Å². The average molecular weight is 525 g/mol. The van der Waals surface area contributed by atoms with Crippen LogP contribution in [-0.2, 0) is 6.42 Å². The summed E-state index contributed by atoms with van der Waals surface area (Å²) >= 11 is 0. The second-order valence-electron chi connectivity index (χ2n) is 11.4. The molecule has 0 aliphatic carbocycles. The van der Waals surface area contributed by atoms with E-state index in [4.69, 9.17) is 4.98 Å². The molecule has 202 valence electrons. The van der Waals surface area contributed by atoms with Crippen LogP contribution in [-0.4, -0.2) is 73.4 Å². The van der Waals surface area contributed by atoms with Crippen LogP contribution in [0.1, 0.15) is 50.7 Å². The highest BCUT2D eigenvalue weighted by Crippen LogP contribution is 2.24. The quantitative estimate of drug-likeness (QED) is 0.346. The average Bonchev–Trinajstić information content (AvgIpc) is 2.92. The van der Waals surface area contributed by atoms with Crippen LogP contribution in [0.15, 0.2) is 55.2 Å². The van der Waals surface area contributed by atoms with Crippen LogP contribution in [0, 0.1) is 0 Å². The van der Waals surface area contributed by atoms with Crippen LogP contribution < -0.4 is 10.2 Å². The molecule has 0 atom stereocenters. The zero-order valence-corrected chi connectivity index (χ0v) is 23.3. The summed E-state index contributed by atoms with van der Waals surface area (Å²) in [5.74, 6) is 1.58. The molecule has 5 rings (SSSR count). The van der Waals surface area contributed by atoms with E-state index in [1.54, 1.807) is 37.1 Å². The standard InChI is InChI=1S/C30H36N8O/c1-20(2)37-8-10-38(11-9-37)29-14-21(6-7-32-29)27(39)15-24-13-22-12-23(16-34-25(22)18-33-24)26-17-31-19-28(35-26)36-30(3,4)5/h6-7,12-14,16-20H,8-11,15H2,1-5H3,(H,35,36). The van der Waals surface area contributed by atoms with Gasteiger partial charge in [0.05, 0.1) is 36.2 Å². The summed E-state index contributed by atoms with van der Waals surface area (Å²) in [6, 6.07) is 8.18. The molecule has 4 aromatic heterocycles. The molecule has 1 saturated heterocycles. The topological polar surface area (TPSA) is 100 Å². The van der Waals surface area contributed by atoms with Crippen molar-refractivity contribution in [2.24, 2.45) is 0 Å². The number of fused-ring (bicyclic) bond motifs is 1. The maximum absolute atomic E-state index is 13.2. The summed E-state index contributed by atoms with van der Waals surface area (Å²) in [6.45, 7) is 14.5. The second-order valence-corrected chi connectivity index (χ2v) is 11.4. The lowest BCUT2D eigenvalue weighted by Crippen LogP contribution is -2.49. The lowest BCUT2D eigenvalue weighted by molar-refractivity contribution is 0.0992. The first-order valence-corrected chi connectivity index (χ1v) is 13.5. The van der Waals surface area contributed by atoms with Gasteiger partial charge in [0, 0.05) is 72.4 Å². The fourth-order valence-electron chi connectivity index (χ4n) is 4.76. The van der Waals surface area contributed by atoms with Gasteiger partial charge in [0.15, 0.2) is 5.78 Å². The summed E-state index contributed by atoms with van der Waals surface area (Å²) in [6.07, 6.45) is 8.87. The Morgan fingerprint density at radius 1 is 0.974 bits per heavy atom. The maximum Gasteiger partial charge on any atom is 0.169 e. The van der Waals surface area contributed by atoms with E-state index in [1.807, 2.05) is 18.2 Å². The number of nitrogens with zero attached hydrogens (tertiary/aromatic N) is 7. The van der Waals surface area contributed by atoms with Gasteiger partial charge in [-0.1, -0.05) is 0 Å². The Labute approximate surface area is 229 Å². The summed E-state index contributed by atoms with van der Waals surface area (Å²) in [5, 5.41) is 4.26. The normalized spacial score (nSPS) is 14.7. The molecule has 0 spiro atoms. The third-order valence-electron chi connectivity index (χ3n) is 6.84. The first-order chi connectivity index (χ1) is 18.6. The molecular formula is C30H36N8O. The van der Waals surface area contributed by atoms with Gasteiger partial charge in [-0.25, -0.2) is 9.97 Å². The summed E-state index contributed by atoms with van der Waals surface area (Å²) in [4.78, 5) is 40.6. The number of nitrogens with one attached hydrogen (secondary N) is 1. The second kappa shape index (κ2) is 11.0. The van der Waals surface area contributed by atoms with E-state index in [2.05, 4.69) is 69.7 Å². The number of carbonyl (C=O) groups excluding carboxylic acids is 1. The highest BCUT2D eigenvalue weighted by Gasteiger charge is 2.21. The number of hydrogen-bond acceptors (Lipinski definition) is 9. The van der Waals surface area contributed by atoms with Gasteiger partial charge in [-0.05, 0) is 58.9 Å². The minimum atomic E-state index is -0.125. The molecule has 0 amide bonds. The first-order valence-electron chi connectivity index (χ1n) is 13.5. The van der Waals surface area contributed by atoms with Gasteiger partial charge in [0.1, 0.15) is 11.6 Å².